The molecule has 26 heavy (non-hydrogen) atoms. The van der Waals surface area contributed by atoms with E-state index in [9.17, 15) is 0 Å². The third-order valence-electron chi connectivity index (χ3n) is 6.62. The maximum absolute atomic E-state index is 5.79. The zero-order valence-corrected chi connectivity index (χ0v) is 16.9. The van der Waals surface area contributed by atoms with E-state index >= 15 is 0 Å². The molecule has 0 aromatic heterocycles. The first-order valence-electron chi connectivity index (χ1n) is 10.2. The van der Waals surface area contributed by atoms with Crippen molar-refractivity contribution < 1.29 is 4.74 Å². The second-order valence-electron chi connectivity index (χ2n) is 8.51. The topological polar surface area (TPSA) is 12.5 Å². The lowest BCUT2D eigenvalue weighted by atomic mass is 9.61. The highest BCUT2D eigenvalue weighted by molar-refractivity contribution is 5.29. The maximum Gasteiger partial charge on any atom is 0.0937 e. The van der Waals surface area contributed by atoms with E-state index in [1.165, 1.54) is 36.0 Å². The molecule has 1 spiro atoms. The molecule has 2 nitrogen and oxygen atoms in total. The first kappa shape index (κ1) is 19.2. The molecular weight excluding hydrogens is 318 g/mol. The van der Waals surface area contributed by atoms with Crippen LogP contribution < -0.4 is 0 Å². The van der Waals surface area contributed by atoms with Gasteiger partial charge in [0, 0.05) is 18.4 Å². The second-order valence-corrected chi connectivity index (χ2v) is 8.51. The van der Waals surface area contributed by atoms with Crippen molar-refractivity contribution in [1.82, 2.24) is 4.90 Å². The zero-order valence-electron chi connectivity index (χ0n) is 16.9. The maximum atomic E-state index is 5.79. The number of hydrogen-bond acceptors (Lipinski definition) is 2. The van der Waals surface area contributed by atoms with E-state index in [0.717, 1.165) is 38.4 Å². The fourth-order valence-electron chi connectivity index (χ4n) is 4.96. The molecule has 1 heterocycles. The largest absolute Gasteiger partial charge is 0.498 e. The van der Waals surface area contributed by atoms with Crippen molar-refractivity contribution in [2.75, 3.05) is 19.7 Å². The number of nitrogens with zero attached hydrogens (tertiary/aromatic N) is 1. The second kappa shape index (κ2) is 8.00. The Morgan fingerprint density at radius 1 is 1.23 bits per heavy atom. The van der Waals surface area contributed by atoms with Gasteiger partial charge in [0.2, 0.25) is 0 Å². The normalized spacial score (nSPS) is 28.5. The fraction of sp³-hybridized carbons (Fsp3) is 0.583. The first-order valence-corrected chi connectivity index (χ1v) is 10.2. The first-order chi connectivity index (χ1) is 12.5. The van der Waals surface area contributed by atoms with Crippen molar-refractivity contribution in [3.05, 3.63) is 59.9 Å². The number of hydrogen-bond donors (Lipinski definition) is 0. The molecule has 1 saturated carbocycles. The van der Waals surface area contributed by atoms with Gasteiger partial charge in [-0.15, -0.1) is 0 Å². The third kappa shape index (κ3) is 4.06. The Kier molecular flexibility index (Phi) is 5.92. The van der Waals surface area contributed by atoms with Crippen LogP contribution in [0.15, 0.2) is 48.8 Å². The Bertz CT molecular complexity index is 643. The lowest BCUT2D eigenvalue weighted by molar-refractivity contribution is 0.108. The fourth-order valence-corrected chi connectivity index (χ4v) is 4.96. The van der Waals surface area contributed by atoms with Crippen molar-refractivity contribution in [2.24, 2.45) is 11.3 Å². The van der Waals surface area contributed by atoms with Crippen molar-refractivity contribution in [3.8, 4) is 0 Å². The van der Waals surface area contributed by atoms with E-state index in [1.54, 1.807) is 0 Å². The molecule has 1 aliphatic heterocycles. The molecule has 0 radical (unpaired) electrons. The summed E-state index contributed by atoms with van der Waals surface area (Å²) in [6.07, 6.45) is 4.68. The molecule has 1 aromatic carbocycles. The van der Waals surface area contributed by atoms with Gasteiger partial charge in [0.05, 0.1) is 12.4 Å². The van der Waals surface area contributed by atoms with Gasteiger partial charge in [0.15, 0.2) is 0 Å². The Balaban J connectivity index is 1.79. The van der Waals surface area contributed by atoms with Crippen molar-refractivity contribution in [3.63, 3.8) is 0 Å². The van der Waals surface area contributed by atoms with Gasteiger partial charge in [-0.05, 0) is 62.2 Å². The Hall–Kier alpha value is -1.54. The summed E-state index contributed by atoms with van der Waals surface area (Å²) in [5, 5.41) is 0. The smallest absolute Gasteiger partial charge is 0.0937 e. The van der Waals surface area contributed by atoms with Crippen LogP contribution >= 0.6 is 0 Å². The average Bonchev–Trinajstić information content (AvgIpc) is 3.00. The molecule has 0 bridgehead atoms. The van der Waals surface area contributed by atoms with Crippen LogP contribution in [0.2, 0.25) is 0 Å². The van der Waals surface area contributed by atoms with Crippen LogP contribution in [0.25, 0.3) is 0 Å². The molecular formula is C24H35NO. The summed E-state index contributed by atoms with van der Waals surface area (Å²) in [5.41, 5.74) is 4.51. The van der Waals surface area contributed by atoms with E-state index in [2.05, 4.69) is 63.1 Å². The van der Waals surface area contributed by atoms with Crippen molar-refractivity contribution >= 4 is 0 Å². The highest BCUT2D eigenvalue weighted by atomic mass is 16.5. The summed E-state index contributed by atoms with van der Waals surface area (Å²) in [7, 11) is 0. The van der Waals surface area contributed by atoms with Gasteiger partial charge in [-0.2, -0.15) is 0 Å². The molecule has 1 aromatic rings. The lowest BCUT2D eigenvalue weighted by Crippen LogP contribution is -2.33. The SMILES string of the molecule is C=C1C[C@@]2(CC[C@@H](C(=C)C)[C@H](c3ccc(CN(CC)CC)cc3)C2)CO1. The van der Waals surface area contributed by atoms with Crippen LogP contribution in [-0.2, 0) is 11.3 Å². The van der Waals surface area contributed by atoms with Crippen molar-refractivity contribution in [2.45, 2.75) is 58.9 Å². The van der Waals surface area contributed by atoms with Gasteiger partial charge < -0.3 is 4.74 Å². The van der Waals surface area contributed by atoms with E-state index in [-0.39, 0.29) is 0 Å². The number of ether oxygens (including phenoxy) is 1. The van der Waals surface area contributed by atoms with Crippen LogP contribution in [0.4, 0.5) is 0 Å². The lowest BCUT2D eigenvalue weighted by Gasteiger charge is -2.42. The minimum atomic E-state index is 0.299. The van der Waals surface area contributed by atoms with E-state index in [1.807, 2.05) is 0 Å². The van der Waals surface area contributed by atoms with Gasteiger partial charge in [0.25, 0.3) is 0 Å². The standard InChI is InChI=1S/C24H35NO/c1-6-25(7-2)16-20-8-10-21(11-9-20)23-15-24(14-19(5)26-17-24)13-12-22(23)18(3)4/h8-11,22-23H,3,5-7,12-17H2,1-2,4H3/t22-,23-,24+/m0/s1. The highest BCUT2D eigenvalue weighted by Gasteiger charge is 2.45. The van der Waals surface area contributed by atoms with Crippen LogP contribution in [0.1, 0.15) is 63.5 Å². The average molecular weight is 354 g/mol. The third-order valence-corrected chi connectivity index (χ3v) is 6.62. The Labute approximate surface area is 159 Å². The quantitative estimate of drug-likeness (QED) is 0.590. The van der Waals surface area contributed by atoms with E-state index in [0.29, 0.717) is 17.3 Å². The van der Waals surface area contributed by atoms with Gasteiger partial charge in [0.1, 0.15) is 0 Å². The Morgan fingerprint density at radius 3 is 2.46 bits per heavy atom. The molecule has 3 atom stereocenters. The van der Waals surface area contributed by atoms with Crippen molar-refractivity contribution in [1.29, 1.82) is 0 Å². The monoisotopic (exact) mass is 353 g/mol. The number of benzene rings is 1. The molecule has 2 aliphatic rings. The van der Waals surface area contributed by atoms with Gasteiger partial charge in [-0.3, -0.25) is 4.90 Å². The molecule has 3 rings (SSSR count). The molecule has 142 valence electrons. The predicted molar refractivity (Wildman–Crippen MR) is 110 cm³/mol. The van der Waals surface area contributed by atoms with Gasteiger partial charge in [-0.25, -0.2) is 0 Å². The summed E-state index contributed by atoms with van der Waals surface area (Å²) in [4.78, 5) is 2.46. The summed E-state index contributed by atoms with van der Waals surface area (Å²) >= 11 is 0. The molecule has 0 amide bonds. The van der Waals surface area contributed by atoms with Gasteiger partial charge in [-0.1, -0.05) is 56.8 Å². The van der Waals surface area contributed by atoms with E-state index in [4.69, 9.17) is 4.74 Å². The summed E-state index contributed by atoms with van der Waals surface area (Å²) < 4.78 is 5.79. The van der Waals surface area contributed by atoms with Crippen LogP contribution in [0.3, 0.4) is 0 Å². The summed E-state index contributed by atoms with van der Waals surface area (Å²) in [5.74, 6) is 2.12. The zero-order chi connectivity index (χ0) is 18.7. The number of rotatable bonds is 6. The molecule has 2 fully saturated rings. The number of allylic oxidation sites excluding steroid dienone is 2. The highest BCUT2D eigenvalue weighted by Crippen LogP contribution is 2.54. The van der Waals surface area contributed by atoms with Crippen LogP contribution in [-0.4, -0.2) is 24.6 Å². The summed E-state index contributed by atoms with van der Waals surface area (Å²) in [6, 6.07) is 9.38. The molecule has 2 heteroatoms. The molecule has 1 aliphatic carbocycles. The predicted octanol–water partition coefficient (Wildman–Crippen LogP) is 5.91. The molecule has 0 N–H and O–H groups in total. The van der Waals surface area contributed by atoms with Gasteiger partial charge >= 0.3 is 0 Å². The van der Waals surface area contributed by atoms with E-state index < -0.39 is 0 Å². The minimum absolute atomic E-state index is 0.299. The Morgan fingerprint density at radius 2 is 1.92 bits per heavy atom. The minimum Gasteiger partial charge on any atom is -0.498 e. The van der Waals surface area contributed by atoms with Crippen LogP contribution in [0.5, 0.6) is 0 Å². The molecule has 1 saturated heterocycles. The summed E-state index contributed by atoms with van der Waals surface area (Å²) in [6.45, 7) is 19.1. The van der Waals surface area contributed by atoms with Crippen LogP contribution in [0, 0.1) is 11.3 Å². The molecule has 0 unspecified atom stereocenters.